The van der Waals surface area contributed by atoms with Crippen molar-refractivity contribution >= 4 is 6.41 Å². The lowest BCUT2D eigenvalue weighted by atomic mass is 10.3. The average molecular weight is 179 g/mol. The number of hydrogen-bond donors (Lipinski definition) is 1. The van der Waals surface area contributed by atoms with Gasteiger partial charge in [-0.15, -0.1) is 0 Å². The molecule has 1 aromatic rings. The van der Waals surface area contributed by atoms with Crippen LogP contribution in [0.25, 0.3) is 0 Å². The van der Waals surface area contributed by atoms with E-state index in [0.717, 1.165) is 11.5 Å². The highest BCUT2D eigenvalue weighted by Crippen LogP contribution is 2.37. The molecule has 0 atom stereocenters. The molecule has 1 aliphatic rings. The van der Waals surface area contributed by atoms with Crippen molar-refractivity contribution in [3.63, 3.8) is 0 Å². The fraction of sp³-hybridized carbons (Fsp3) is 0.444. The molecule has 4 nitrogen and oxygen atoms in total. The lowest BCUT2D eigenvalue weighted by Gasteiger charge is -1.95. The molecule has 1 aliphatic carbocycles. The second-order valence-corrected chi connectivity index (χ2v) is 2.97. The van der Waals surface area contributed by atoms with Crippen LogP contribution in [0.2, 0.25) is 0 Å². The SMILES string of the molecule is Cc1ccnc(C2CC2)n1.NC=O. The predicted octanol–water partition coefficient (Wildman–Crippen LogP) is 0.764. The Morgan fingerprint density at radius 2 is 2.23 bits per heavy atom. The Morgan fingerprint density at radius 3 is 2.69 bits per heavy atom. The van der Waals surface area contributed by atoms with Crippen LogP contribution in [-0.2, 0) is 4.79 Å². The number of amides is 1. The molecule has 0 aromatic carbocycles. The van der Waals surface area contributed by atoms with Gasteiger partial charge < -0.3 is 5.73 Å². The standard InChI is InChI=1S/C8H10N2.CH3NO/c1-6-4-5-9-8(10-6)7-2-3-7;2-1-3/h4-5,7H,2-3H2,1H3;1H,(H2,2,3). The molecule has 2 N–H and O–H groups in total. The number of hydrogen-bond acceptors (Lipinski definition) is 3. The first-order chi connectivity index (χ1) is 6.27. The zero-order valence-electron chi connectivity index (χ0n) is 7.60. The Balaban J connectivity index is 0.000000251. The molecule has 0 radical (unpaired) electrons. The summed E-state index contributed by atoms with van der Waals surface area (Å²) in [6.07, 6.45) is 4.66. The molecule has 0 spiro atoms. The van der Waals surface area contributed by atoms with Crippen LogP contribution in [-0.4, -0.2) is 16.4 Å². The third-order valence-electron chi connectivity index (χ3n) is 1.76. The number of nitrogens with zero attached hydrogens (tertiary/aromatic N) is 2. The Hall–Kier alpha value is -1.45. The van der Waals surface area contributed by atoms with Crippen LogP contribution in [0, 0.1) is 6.92 Å². The van der Waals surface area contributed by atoms with E-state index in [4.69, 9.17) is 4.79 Å². The van der Waals surface area contributed by atoms with Gasteiger partial charge in [-0.1, -0.05) is 0 Å². The molecule has 0 bridgehead atoms. The fourth-order valence-electron chi connectivity index (χ4n) is 1.01. The number of rotatable bonds is 1. The molecule has 0 unspecified atom stereocenters. The predicted molar refractivity (Wildman–Crippen MR) is 49.0 cm³/mol. The Morgan fingerprint density at radius 1 is 1.62 bits per heavy atom. The quantitative estimate of drug-likeness (QED) is 0.647. The summed E-state index contributed by atoms with van der Waals surface area (Å²) >= 11 is 0. The van der Waals surface area contributed by atoms with E-state index in [9.17, 15) is 0 Å². The number of aromatic nitrogens is 2. The van der Waals surface area contributed by atoms with Crippen LogP contribution in [0.5, 0.6) is 0 Å². The summed E-state index contributed by atoms with van der Waals surface area (Å²) in [7, 11) is 0. The third kappa shape index (κ3) is 3.19. The Labute approximate surface area is 77.2 Å². The van der Waals surface area contributed by atoms with Gasteiger partial charge in [-0.3, -0.25) is 4.79 Å². The normalized spacial score (nSPS) is 14.2. The highest BCUT2D eigenvalue weighted by atomic mass is 16.1. The summed E-state index contributed by atoms with van der Waals surface area (Å²) in [5, 5.41) is 0. The van der Waals surface area contributed by atoms with Gasteiger partial charge in [0, 0.05) is 17.8 Å². The molecule has 70 valence electrons. The zero-order valence-corrected chi connectivity index (χ0v) is 7.60. The number of nitrogens with two attached hydrogens (primary N) is 1. The van der Waals surface area contributed by atoms with Gasteiger partial charge in [-0.25, -0.2) is 9.97 Å². The molecule has 1 amide bonds. The highest BCUT2D eigenvalue weighted by molar-refractivity contribution is 5.42. The van der Waals surface area contributed by atoms with Gasteiger partial charge in [0.15, 0.2) is 0 Å². The second kappa shape index (κ2) is 4.54. The monoisotopic (exact) mass is 179 g/mol. The van der Waals surface area contributed by atoms with Gasteiger partial charge in [-0.2, -0.15) is 0 Å². The third-order valence-corrected chi connectivity index (χ3v) is 1.76. The van der Waals surface area contributed by atoms with Gasteiger partial charge in [0.05, 0.1) is 0 Å². The lowest BCUT2D eigenvalue weighted by molar-refractivity contribution is -0.106. The van der Waals surface area contributed by atoms with Crippen molar-refractivity contribution < 1.29 is 4.79 Å². The summed E-state index contributed by atoms with van der Waals surface area (Å²) in [4.78, 5) is 17.1. The van der Waals surface area contributed by atoms with E-state index in [1.807, 2.05) is 19.2 Å². The molecule has 0 aliphatic heterocycles. The molecule has 1 heterocycles. The summed E-state index contributed by atoms with van der Waals surface area (Å²) in [5.74, 6) is 1.72. The van der Waals surface area contributed by atoms with Gasteiger partial charge >= 0.3 is 0 Å². The summed E-state index contributed by atoms with van der Waals surface area (Å²) in [6, 6.07) is 1.94. The summed E-state index contributed by atoms with van der Waals surface area (Å²) in [5.41, 5.74) is 5.25. The summed E-state index contributed by atoms with van der Waals surface area (Å²) < 4.78 is 0. The molecule has 1 fully saturated rings. The second-order valence-electron chi connectivity index (χ2n) is 2.97. The van der Waals surface area contributed by atoms with Crippen LogP contribution in [0.1, 0.15) is 30.3 Å². The lowest BCUT2D eigenvalue weighted by Crippen LogP contribution is -1.92. The smallest absolute Gasteiger partial charge is 0.204 e. The minimum atomic E-state index is 0.250. The number of aryl methyl sites for hydroxylation is 1. The molecule has 1 saturated carbocycles. The van der Waals surface area contributed by atoms with Crippen molar-refractivity contribution in [3.05, 3.63) is 23.8 Å². The maximum Gasteiger partial charge on any atom is 0.204 e. The van der Waals surface area contributed by atoms with Crippen molar-refractivity contribution in [2.24, 2.45) is 5.73 Å². The topological polar surface area (TPSA) is 68.9 Å². The molecule has 0 saturated heterocycles. The van der Waals surface area contributed by atoms with Crippen molar-refractivity contribution in [1.82, 2.24) is 9.97 Å². The van der Waals surface area contributed by atoms with E-state index in [0.29, 0.717) is 5.92 Å². The van der Waals surface area contributed by atoms with E-state index in [-0.39, 0.29) is 6.41 Å². The van der Waals surface area contributed by atoms with Crippen molar-refractivity contribution in [1.29, 1.82) is 0 Å². The average Bonchev–Trinajstić information content (AvgIpc) is 2.87. The first-order valence-electron chi connectivity index (χ1n) is 4.23. The van der Waals surface area contributed by atoms with Crippen LogP contribution >= 0.6 is 0 Å². The van der Waals surface area contributed by atoms with Crippen LogP contribution in [0.15, 0.2) is 12.3 Å². The minimum absolute atomic E-state index is 0.250. The first-order valence-corrected chi connectivity index (χ1v) is 4.23. The fourth-order valence-corrected chi connectivity index (χ4v) is 1.01. The maximum absolute atomic E-state index is 8.58. The van der Waals surface area contributed by atoms with Crippen molar-refractivity contribution in [3.8, 4) is 0 Å². The largest absolute Gasteiger partial charge is 0.372 e. The van der Waals surface area contributed by atoms with Gasteiger partial charge in [0.1, 0.15) is 5.82 Å². The van der Waals surface area contributed by atoms with E-state index in [2.05, 4.69) is 15.7 Å². The van der Waals surface area contributed by atoms with Crippen molar-refractivity contribution in [2.45, 2.75) is 25.7 Å². The van der Waals surface area contributed by atoms with Gasteiger partial charge in [0.25, 0.3) is 0 Å². The van der Waals surface area contributed by atoms with Crippen LogP contribution in [0.3, 0.4) is 0 Å². The van der Waals surface area contributed by atoms with Gasteiger partial charge in [-0.05, 0) is 25.8 Å². The highest BCUT2D eigenvalue weighted by Gasteiger charge is 2.25. The van der Waals surface area contributed by atoms with E-state index in [1.165, 1.54) is 12.8 Å². The van der Waals surface area contributed by atoms with Crippen LogP contribution in [0.4, 0.5) is 0 Å². The van der Waals surface area contributed by atoms with Crippen molar-refractivity contribution in [2.75, 3.05) is 0 Å². The molecular formula is C9H13N3O. The Kier molecular flexibility index (Phi) is 3.37. The molecule has 2 rings (SSSR count). The zero-order chi connectivity index (χ0) is 9.68. The molecule has 1 aromatic heterocycles. The molecule has 4 heteroatoms. The van der Waals surface area contributed by atoms with E-state index in [1.54, 1.807) is 0 Å². The minimum Gasteiger partial charge on any atom is -0.372 e. The number of carbonyl (C=O) groups excluding carboxylic acids is 1. The van der Waals surface area contributed by atoms with Crippen LogP contribution < -0.4 is 5.73 Å². The molecule has 13 heavy (non-hydrogen) atoms. The van der Waals surface area contributed by atoms with E-state index < -0.39 is 0 Å². The first kappa shape index (κ1) is 9.64. The number of carbonyl (C=O) groups is 1. The Bertz CT molecular complexity index is 284. The van der Waals surface area contributed by atoms with E-state index >= 15 is 0 Å². The van der Waals surface area contributed by atoms with Gasteiger partial charge in [0.2, 0.25) is 6.41 Å². The number of primary amides is 1. The maximum atomic E-state index is 8.58. The molecular weight excluding hydrogens is 166 g/mol. The summed E-state index contributed by atoms with van der Waals surface area (Å²) in [6.45, 7) is 2.01.